The van der Waals surface area contributed by atoms with Gasteiger partial charge in [-0.05, 0) is 18.4 Å². The Kier molecular flexibility index (Phi) is 2.82. The Labute approximate surface area is 84.6 Å². The quantitative estimate of drug-likeness (QED) is 0.665. The molecule has 0 N–H and O–H groups in total. The number of rotatable bonds is 1. The highest BCUT2D eigenvalue weighted by Crippen LogP contribution is 2.27. The van der Waals surface area contributed by atoms with E-state index in [0.717, 1.165) is 18.7 Å². The molecule has 14 heavy (non-hydrogen) atoms. The summed E-state index contributed by atoms with van der Waals surface area (Å²) in [5.74, 6) is 0.894. The van der Waals surface area contributed by atoms with Crippen LogP contribution in [0.1, 0.15) is 30.9 Å². The third-order valence-corrected chi connectivity index (χ3v) is 2.59. The molecule has 1 aromatic carbocycles. The molecular formula is C12H15NO. The van der Waals surface area contributed by atoms with Crippen LogP contribution in [0, 0.1) is 0 Å². The molecule has 1 atom stereocenters. The maximum Gasteiger partial charge on any atom is 0.183 e. The summed E-state index contributed by atoms with van der Waals surface area (Å²) in [6.07, 6.45) is 3.29. The monoisotopic (exact) mass is 189 g/mol. The van der Waals surface area contributed by atoms with Gasteiger partial charge in [-0.3, -0.25) is 0 Å². The van der Waals surface area contributed by atoms with E-state index in [1.807, 2.05) is 6.07 Å². The Morgan fingerprint density at radius 2 is 2.07 bits per heavy atom. The zero-order valence-electron chi connectivity index (χ0n) is 8.44. The highest BCUT2D eigenvalue weighted by molar-refractivity contribution is 5.76. The molecule has 1 heterocycles. The van der Waals surface area contributed by atoms with Crippen LogP contribution in [0.4, 0.5) is 0 Å². The normalized spacial score (nSPS) is 21.5. The molecule has 0 aliphatic carbocycles. The molecule has 2 rings (SSSR count). The van der Waals surface area contributed by atoms with E-state index in [4.69, 9.17) is 4.74 Å². The van der Waals surface area contributed by atoms with Crippen molar-refractivity contribution in [1.82, 2.24) is 0 Å². The highest BCUT2D eigenvalue weighted by Gasteiger charge is 2.16. The summed E-state index contributed by atoms with van der Waals surface area (Å²) in [6.45, 7) is 0. The van der Waals surface area contributed by atoms with Crippen LogP contribution in [0.2, 0.25) is 0 Å². The molecule has 0 fully saturated rings. The second-order valence-electron chi connectivity index (χ2n) is 3.55. The Bertz CT molecular complexity index is 318. The average Bonchev–Trinajstić information content (AvgIpc) is 2.30. The Hall–Kier alpha value is -1.31. The summed E-state index contributed by atoms with van der Waals surface area (Å²) in [5.41, 5.74) is 1.29. The minimum atomic E-state index is 0.305. The summed E-state index contributed by atoms with van der Waals surface area (Å²) in [7, 11) is 1.70. The van der Waals surface area contributed by atoms with Crippen molar-refractivity contribution in [1.29, 1.82) is 0 Å². The van der Waals surface area contributed by atoms with Crippen LogP contribution < -0.4 is 0 Å². The van der Waals surface area contributed by atoms with Gasteiger partial charge in [0.25, 0.3) is 0 Å². The molecule has 0 aromatic heterocycles. The summed E-state index contributed by atoms with van der Waals surface area (Å²) >= 11 is 0. The van der Waals surface area contributed by atoms with Crippen molar-refractivity contribution in [3.63, 3.8) is 0 Å². The van der Waals surface area contributed by atoms with Crippen LogP contribution >= 0.6 is 0 Å². The van der Waals surface area contributed by atoms with Gasteiger partial charge in [-0.2, -0.15) is 0 Å². The molecule has 1 aromatic rings. The lowest BCUT2D eigenvalue weighted by molar-refractivity contribution is 0.368. The molecule has 74 valence electrons. The van der Waals surface area contributed by atoms with E-state index in [-0.39, 0.29) is 0 Å². The molecule has 0 radical (unpaired) electrons. The highest BCUT2D eigenvalue weighted by atomic mass is 16.5. The topological polar surface area (TPSA) is 21.6 Å². The van der Waals surface area contributed by atoms with E-state index in [1.165, 1.54) is 12.0 Å². The van der Waals surface area contributed by atoms with Crippen molar-refractivity contribution < 1.29 is 4.74 Å². The molecule has 0 amide bonds. The second kappa shape index (κ2) is 4.27. The lowest BCUT2D eigenvalue weighted by Crippen LogP contribution is -2.11. The predicted octanol–water partition coefficient (Wildman–Crippen LogP) is 2.96. The lowest BCUT2D eigenvalue weighted by atomic mass is 9.99. The van der Waals surface area contributed by atoms with Crippen molar-refractivity contribution in [2.75, 3.05) is 7.11 Å². The summed E-state index contributed by atoms with van der Waals surface area (Å²) in [4.78, 5) is 4.56. The van der Waals surface area contributed by atoms with Crippen molar-refractivity contribution >= 4 is 5.90 Å². The lowest BCUT2D eigenvalue weighted by Gasteiger charge is -2.19. The molecule has 0 bridgehead atoms. The first-order chi connectivity index (χ1) is 6.90. The minimum absolute atomic E-state index is 0.305. The van der Waals surface area contributed by atoms with Gasteiger partial charge in [-0.15, -0.1) is 0 Å². The van der Waals surface area contributed by atoms with Gasteiger partial charge in [0.1, 0.15) is 0 Å². The van der Waals surface area contributed by atoms with Gasteiger partial charge in [0.2, 0.25) is 0 Å². The van der Waals surface area contributed by atoms with Crippen LogP contribution in [0.25, 0.3) is 0 Å². The molecule has 0 saturated heterocycles. The number of methoxy groups -OCH3 is 1. The molecule has 1 aliphatic heterocycles. The van der Waals surface area contributed by atoms with Gasteiger partial charge < -0.3 is 4.74 Å². The number of nitrogens with zero attached hydrogens (tertiary/aromatic N) is 1. The predicted molar refractivity (Wildman–Crippen MR) is 57.5 cm³/mol. The molecule has 2 nitrogen and oxygen atoms in total. The van der Waals surface area contributed by atoms with E-state index in [1.54, 1.807) is 7.11 Å². The first-order valence-electron chi connectivity index (χ1n) is 5.06. The van der Waals surface area contributed by atoms with Gasteiger partial charge in [0.05, 0.1) is 13.2 Å². The Balaban J connectivity index is 2.19. The fraction of sp³-hybridized carbons (Fsp3) is 0.417. The Morgan fingerprint density at radius 3 is 2.79 bits per heavy atom. The third-order valence-electron chi connectivity index (χ3n) is 2.59. The zero-order chi connectivity index (χ0) is 9.80. The van der Waals surface area contributed by atoms with E-state index < -0.39 is 0 Å². The largest absolute Gasteiger partial charge is 0.484 e. The van der Waals surface area contributed by atoms with E-state index in [9.17, 15) is 0 Å². The fourth-order valence-electron chi connectivity index (χ4n) is 1.82. The van der Waals surface area contributed by atoms with Crippen LogP contribution in [-0.2, 0) is 4.74 Å². The summed E-state index contributed by atoms with van der Waals surface area (Å²) in [6, 6.07) is 10.7. The van der Waals surface area contributed by atoms with Gasteiger partial charge >= 0.3 is 0 Å². The number of hydrogen-bond donors (Lipinski definition) is 0. The summed E-state index contributed by atoms with van der Waals surface area (Å²) in [5, 5.41) is 0. The van der Waals surface area contributed by atoms with Crippen LogP contribution in [0.3, 0.4) is 0 Å². The number of aliphatic imine (C=N–C) groups is 1. The maximum atomic E-state index is 5.19. The van der Waals surface area contributed by atoms with Crippen molar-refractivity contribution in [2.24, 2.45) is 4.99 Å². The van der Waals surface area contributed by atoms with Crippen LogP contribution in [-0.4, -0.2) is 13.0 Å². The van der Waals surface area contributed by atoms with Gasteiger partial charge in [0, 0.05) is 6.42 Å². The molecule has 0 saturated carbocycles. The van der Waals surface area contributed by atoms with E-state index in [0.29, 0.717) is 6.04 Å². The van der Waals surface area contributed by atoms with Crippen molar-refractivity contribution in [2.45, 2.75) is 25.3 Å². The minimum Gasteiger partial charge on any atom is -0.484 e. The molecule has 1 aliphatic rings. The van der Waals surface area contributed by atoms with E-state index in [2.05, 4.69) is 29.3 Å². The second-order valence-corrected chi connectivity index (χ2v) is 3.55. The van der Waals surface area contributed by atoms with Gasteiger partial charge in [-0.1, -0.05) is 30.3 Å². The number of ether oxygens (including phenoxy) is 1. The van der Waals surface area contributed by atoms with Crippen LogP contribution in [0.15, 0.2) is 35.3 Å². The third kappa shape index (κ3) is 1.95. The smallest absolute Gasteiger partial charge is 0.183 e. The van der Waals surface area contributed by atoms with Gasteiger partial charge in [-0.25, -0.2) is 4.99 Å². The Morgan fingerprint density at radius 1 is 1.29 bits per heavy atom. The van der Waals surface area contributed by atoms with Crippen molar-refractivity contribution in [3.05, 3.63) is 35.9 Å². The molecule has 1 unspecified atom stereocenters. The number of benzene rings is 1. The summed E-state index contributed by atoms with van der Waals surface area (Å²) < 4.78 is 5.19. The van der Waals surface area contributed by atoms with Crippen LogP contribution in [0.5, 0.6) is 0 Å². The molecular weight excluding hydrogens is 174 g/mol. The van der Waals surface area contributed by atoms with Gasteiger partial charge in [0.15, 0.2) is 5.90 Å². The fourth-order valence-corrected chi connectivity index (χ4v) is 1.82. The maximum absolute atomic E-state index is 5.19. The van der Waals surface area contributed by atoms with Crippen molar-refractivity contribution in [3.8, 4) is 0 Å². The number of hydrogen-bond acceptors (Lipinski definition) is 2. The van der Waals surface area contributed by atoms with E-state index >= 15 is 0 Å². The molecule has 2 heteroatoms. The standard InChI is InChI=1S/C12H15NO/c1-14-12-9-5-8-11(13-12)10-6-3-2-4-7-10/h2-4,6-7,11H,5,8-9H2,1H3. The first-order valence-corrected chi connectivity index (χ1v) is 5.06. The average molecular weight is 189 g/mol. The first kappa shape index (κ1) is 9.25. The SMILES string of the molecule is COC1=NC(c2ccccc2)CCC1. The molecule has 0 spiro atoms. The zero-order valence-corrected chi connectivity index (χ0v) is 8.44.